The molecule has 1 aromatic carbocycles. The van der Waals surface area contributed by atoms with E-state index in [0.717, 1.165) is 41.2 Å². The highest BCUT2D eigenvalue weighted by atomic mass is 32.1. The van der Waals surface area contributed by atoms with Crippen LogP contribution in [0.4, 0.5) is 5.13 Å². The molecule has 0 radical (unpaired) electrons. The van der Waals surface area contributed by atoms with Crippen LogP contribution in [0.2, 0.25) is 0 Å². The fourth-order valence-corrected chi connectivity index (χ4v) is 2.88. The third-order valence-corrected chi connectivity index (χ3v) is 4.07. The molecule has 1 heterocycles. The van der Waals surface area contributed by atoms with Crippen molar-refractivity contribution in [3.63, 3.8) is 0 Å². The Morgan fingerprint density at radius 2 is 2.15 bits per heavy atom. The minimum absolute atomic E-state index is 0.0281. The Balaban J connectivity index is 1.86. The van der Waals surface area contributed by atoms with Crippen LogP contribution in [0.3, 0.4) is 0 Å². The zero-order chi connectivity index (χ0) is 14.4. The van der Waals surface area contributed by atoms with Crippen molar-refractivity contribution < 1.29 is 4.79 Å². The van der Waals surface area contributed by atoms with E-state index in [4.69, 9.17) is 0 Å². The Bertz CT molecular complexity index is 534. The average molecular weight is 291 g/mol. The first-order chi connectivity index (χ1) is 9.70. The number of nitrogens with one attached hydrogen (secondary N) is 2. The maximum absolute atomic E-state index is 11.9. The van der Waals surface area contributed by atoms with Crippen LogP contribution in [0.25, 0.3) is 10.2 Å². The molecule has 0 aliphatic carbocycles. The first-order valence-electron chi connectivity index (χ1n) is 7.10. The fraction of sp³-hybridized carbons (Fsp3) is 0.467. The highest BCUT2D eigenvalue weighted by Crippen LogP contribution is 2.25. The molecule has 0 spiro atoms. The number of para-hydroxylation sites is 1. The van der Waals surface area contributed by atoms with Crippen molar-refractivity contribution in [3.05, 3.63) is 24.3 Å². The Morgan fingerprint density at radius 3 is 2.90 bits per heavy atom. The van der Waals surface area contributed by atoms with Gasteiger partial charge in [0.05, 0.1) is 10.2 Å². The van der Waals surface area contributed by atoms with E-state index in [9.17, 15) is 4.79 Å². The number of nitrogens with zero attached hydrogens (tertiary/aromatic N) is 1. The van der Waals surface area contributed by atoms with Crippen molar-refractivity contribution in [1.82, 2.24) is 10.3 Å². The van der Waals surface area contributed by atoms with Crippen LogP contribution in [0.5, 0.6) is 0 Å². The molecule has 0 saturated heterocycles. The summed E-state index contributed by atoms with van der Waals surface area (Å²) in [5.41, 5.74) is 0.968. The smallest absolute Gasteiger partial charge is 0.242 e. The normalized spacial score (nSPS) is 12.3. The van der Waals surface area contributed by atoms with Crippen LogP contribution in [-0.4, -0.2) is 23.5 Å². The molecule has 5 heteroatoms. The number of carbonyl (C=O) groups excluding carboxylic acids is 1. The van der Waals surface area contributed by atoms with Crippen molar-refractivity contribution in [2.45, 2.75) is 39.2 Å². The number of benzene rings is 1. The molecular weight excluding hydrogens is 270 g/mol. The Hall–Kier alpha value is -1.62. The summed E-state index contributed by atoms with van der Waals surface area (Å²) in [6.07, 6.45) is 3.35. The van der Waals surface area contributed by atoms with Crippen molar-refractivity contribution in [2.75, 3.05) is 11.9 Å². The van der Waals surface area contributed by atoms with E-state index in [1.165, 1.54) is 0 Å². The van der Waals surface area contributed by atoms with E-state index in [2.05, 4.69) is 22.5 Å². The maximum atomic E-state index is 11.9. The Kier molecular flexibility index (Phi) is 5.35. The van der Waals surface area contributed by atoms with Crippen LogP contribution >= 0.6 is 11.3 Å². The molecule has 2 rings (SSSR count). The largest absolute Gasteiger partial charge is 0.354 e. The van der Waals surface area contributed by atoms with E-state index < -0.39 is 0 Å². The topological polar surface area (TPSA) is 54.0 Å². The molecule has 2 aromatic rings. The zero-order valence-corrected chi connectivity index (χ0v) is 12.8. The summed E-state index contributed by atoms with van der Waals surface area (Å²) < 4.78 is 1.13. The lowest BCUT2D eigenvalue weighted by Crippen LogP contribution is -2.37. The van der Waals surface area contributed by atoms with Crippen molar-refractivity contribution in [3.8, 4) is 0 Å². The molecule has 20 heavy (non-hydrogen) atoms. The van der Waals surface area contributed by atoms with Crippen LogP contribution in [0.15, 0.2) is 24.3 Å². The lowest BCUT2D eigenvalue weighted by Gasteiger charge is -2.12. The molecular formula is C15H21N3OS. The van der Waals surface area contributed by atoms with Gasteiger partial charge in [0.15, 0.2) is 5.13 Å². The van der Waals surface area contributed by atoms with E-state index in [0.29, 0.717) is 0 Å². The molecule has 1 unspecified atom stereocenters. The van der Waals surface area contributed by atoms with E-state index >= 15 is 0 Å². The third kappa shape index (κ3) is 3.93. The summed E-state index contributed by atoms with van der Waals surface area (Å²) in [6, 6.07) is 7.71. The molecule has 0 bridgehead atoms. The number of aromatic nitrogens is 1. The lowest BCUT2D eigenvalue weighted by atomic mass is 10.2. The van der Waals surface area contributed by atoms with E-state index in [-0.39, 0.29) is 11.9 Å². The molecule has 1 amide bonds. The van der Waals surface area contributed by atoms with Gasteiger partial charge >= 0.3 is 0 Å². The molecule has 0 aliphatic heterocycles. The summed E-state index contributed by atoms with van der Waals surface area (Å²) in [6.45, 7) is 4.76. The quantitative estimate of drug-likeness (QED) is 0.769. The number of fused-ring (bicyclic) bond motifs is 1. The van der Waals surface area contributed by atoms with Crippen LogP contribution in [-0.2, 0) is 4.79 Å². The van der Waals surface area contributed by atoms with Crippen LogP contribution in [0, 0.1) is 0 Å². The van der Waals surface area contributed by atoms with Gasteiger partial charge in [0.25, 0.3) is 0 Å². The van der Waals surface area contributed by atoms with Gasteiger partial charge < -0.3 is 10.6 Å². The lowest BCUT2D eigenvalue weighted by molar-refractivity contribution is -0.121. The molecule has 4 nitrogen and oxygen atoms in total. The summed E-state index contributed by atoms with van der Waals surface area (Å²) in [5, 5.41) is 6.91. The first kappa shape index (κ1) is 14.8. The van der Waals surface area contributed by atoms with Gasteiger partial charge in [-0.15, -0.1) is 0 Å². The maximum Gasteiger partial charge on any atom is 0.242 e. The average Bonchev–Trinajstić information content (AvgIpc) is 2.85. The standard InChI is InChI=1S/C15H21N3OS/c1-3-4-7-10-16-14(19)11(2)17-15-18-12-8-5-6-9-13(12)20-15/h5-6,8-9,11H,3-4,7,10H2,1-2H3,(H,16,19)(H,17,18). The number of amides is 1. The van der Waals surface area contributed by atoms with Gasteiger partial charge in [0.1, 0.15) is 6.04 Å². The summed E-state index contributed by atoms with van der Waals surface area (Å²) in [4.78, 5) is 16.4. The second-order valence-electron chi connectivity index (χ2n) is 4.85. The van der Waals surface area contributed by atoms with Gasteiger partial charge in [-0.2, -0.15) is 0 Å². The van der Waals surface area contributed by atoms with E-state index in [1.54, 1.807) is 11.3 Å². The predicted molar refractivity (Wildman–Crippen MR) is 85.2 cm³/mol. The molecule has 108 valence electrons. The van der Waals surface area contributed by atoms with E-state index in [1.807, 2.05) is 31.2 Å². The van der Waals surface area contributed by atoms with Gasteiger partial charge in [-0.05, 0) is 25.5 Å². The highest BCUT2D eigenvalue weighted by molar-refractivity contribution is 7.22. The number of hydrogen-bond donors (Lipinski definition) is 2. The monoisotopic (exact) mass is 291 g/mol. The number of rotatable bonds is 7. The number of carbonyl (C=O) groups is 1. The van der Waals surface area contributed by atoms with Crippen LogP contribution in [0.1, 0.15) is 33.1 Å². The van der Waals surface area contributed by atoms with Crippen molar-refractivity contribution >= 4 is 32.6 Å². The summed E-state index contributed by atoms with van der Waals surface area (Å²) >= 11 is 1.57. The molecule has 2 N–H and O–H groups in total. The highest BCUT2D eigenvalue weighted by Gasteiger charge is 2.13. The van der Waals surface area contributed by atoms with Gasteiger partial charge in [0, 0.05) is 6.54 Å². The summed E-state index contributed by atoms with van der Waals surface area (Å²) in [5.74, 6) is 0.0281. The molecule has 1 aromatic heterocycles. The second kappa shape index (κ2) is 7.24. The minimum atomic E-state index is -0.266. The first-order valence-corrected chi connectivity index (χ1v) is 7.92. The SMILES string of the molecule is CCCCCNC(=O)C(C)Nc1nc2ccccc2s1. The molecule has 0 fully saturated rings. The van der Waals surface area contributed by atoms with Gasteiger partial charge in [-0.25, -0.2) is 4.98 Å². The molecule has 0 saturated carbocycles. The Labute approximate surface area is 123 Å². The Morgan fingerprint density at radius 1 is 1.35 bits per heavy atom. The third-order valence-electron chi connectivity index (χ3n) is 3.11. The zero-order valence-electron chi connectivity index (χ0n) is 12.0. The van der Waals surface area contributed by atoms with Gasteiger partial charge in [-0.1, -0.05) is 43.2 Å². The number of thiazole rings is 1. The van der Waals surface area contributed by atoms with Crippen LogP contribution < -0.4 is 10.6 Å². The fourth-order valence-electron chi connectivity index (χ4n) is 1.92. The minimum Gasteiger partial charge on any atom is -0.354 e. The van der Waals surface area contributed by atoms with Gasteiger partial charge in [0.2, 0.25) is 5.91 Å². The molecule has 1 atom stereocenters. The number of hydrogen-bond acceptors (Lipinski definition) is 4. The summed E-state index contributed by atoms with van der Waals surface area (Å²) in [7, 11) is 0. The van der Waals surface area contributed by atoms with Crippen molar-refractivity contribution in [2.24, 2.45) is 0 Å². The van der Waals surface area contributed by atoms with Gasteiger partial charge in [-0.3, -0.25) is 4.79 Å². The second-order valence-corrected chi connectivity index (χ2v) is 5.88. The number of anilines is 1. The number of unbranched alkanes of at least 4 members (excludes halogenated alkanes) is 2. The van der Waals surface area contributed by atoms with Crippen molar-refractivity contribution in [1.29, 1.82) is 0 Å². The predicted octanol–water partition coefficient (Wildman–Crippen LogP) is 3.40. The molecule has 0 aliphatic rings.